The van der Waals surface area contributed by atoms with E-state index in [-0.39, 0.29) is 37.7 Å². The number of amides is 7. The summed E-state index contributed by atoms with van der Waals surface area (Å²) < 4.78 is 0. The Morgan fingerprint density at radius 1 is 0.600 bits per heavy atom. The summed E-state index contributed by atoms with van der Waals surface area (Å²) in [4.78, 5) is 105. The molecular weight excluding hydrogens is 734 g/mol. The lowest BCUT2D eigenvalue weighted by Crippen LogP contribution is -2.62. The molecule has 0 heterocycles. The van der Waals surface area contributed by atoms with E-state index in [1.54, 1.807) is 13.8 Å². The fourth-order valence-electron chi connectivity index (χ4n) is 4.69. The lowest BCUT2D eigenvalue weighted by molar-refractivity contribution is -0.143. The molecule has 0 aromatic carbocycles. The Bertz CT molecular complexity index is 1360. The van der Waals surface area contributed by atoms with E-state index in [1.165, 1.54) is 0 Å². The molecular formula is C31H57N11O13. The van der Waals surface area contributed by atoms with E-state index in [0.29, 0.717) is 0 Å². The number of hydrogen-bond acceptors (Lipinski definition) is 14. The first-order chi connectivity index (χ1) is 25.5. The number of aliphatic carboxylic acids is 1. The van der Waals surface area contributed by atoms with Gasteiger partial charge in [0.05, 0.1) is 25.4 Å². The van der Waals surface area contributed by atoms with Gasteiger partial charge in [0.2, 0.25) is 41.4 Å². The molecule has 0 fully saturated rings. The fraction of sp³-hybridized carbons (Fsp3) is 0.710. The smallest absolute Gasteiger partial charge is 0.326 e. The Labute approximate surface area is 317 Å². The second-order valence-electron chi connectivity index (χ2n) is 13.1. The van der Waals surface area contributed by atoms with Crippen molar-refractivity contribution in [3.05, 3.63) is 0 Å². The van der Waals surface area contributed by atoms with Crippen LogP contribution in [-0.2, 0) is 38.4 Å². The quantitative estimate of drug-likeness (QED) is 0.0220. The number of nitrogens with two attached hydrogens (primary N) is 4. The first-order valence-corrected chi connectivity index (χ1v) is 17.3. The highest BCUT2D eigenvalue weighted by Gasteiger charge is 2.36. The predicted molar refractivity (Wildman–Crippen MR) is 193 cm³/mol. The number of primary amides is 1. The molecule has 314 valence electrons. The van der Waals surface area contributed by atoms with Crippen LogP contribution in [0.2, 0.25) is 0 Å². The third-order valence-corrected chi connectivity index (χ3v) is 7.69. The van der Waals surface area contributed by atoms with E-state index in [9.17, 15) is 58.8 Å². The van der Waals surface area contributed by atoms with Crippen LogP contribution in [-0.4, -0.2) is 153 Å². The van der Waals surface area contributed by atoms with E-state index < -0.39 is 128 Å². The second kappa shape index (κ2) is 25.0. The van der Waals surface area contributed by atoms with E-state index in [0.717, 1.165) is 13.8 Å². The normalized spacial score (nSPS) is 16.0. The van der Waals surface area contributed by atoms with Gasteiger partial charge in [-0.25, -0.2) is 4.79 Å². The molecule has 0 unspecified atom stereocenters. The summed E-state index contributed by atoms with van der Waals surface area (Å²) in [5, 5.41) is 62.5. The second-order valence-corrected chi connectivity index (χ2v) is 13.1. The molecule has 0 aromatic rings. The zero-order chi connectivity index (χ0) is 42.6. The molecule has 24 nitrogen and oxygen atoms in total. The number of hydrogen-bond donors (Lipinski definition) is 15. The van der Waals surface area contributed by atoms with Crippen LogP contribution in [0.4, 0.5) is 0 Å². The van der Waals surface area contributed by atoms with Crippen molar-refractivity contribution in [3.63, 3.8) is 0 Å². The number of aliphatic hydroxyl groups excluding tert-OH is 4. The molecule has 0 saturated carbocycles. The first-order valence-electron chi connectivity index (χ1n) is 17.3. The van der Waals surface area contributed by atoms with Gasteiger partial charge < -0.3 is 80.4 Å². The third kappa shape index (κ3) is 19.1. The van der Waals surface area contributed by atoms with Crippen LogP contribution >= 0.6 is 0 Å². The number of nitrogens with zero attached hydrogens (tertiary/aromatic N) is 1. The number of rotatable bonds is 26. The van der Waals surface area contributed by atoms with Gasteiger partial charge >= 0.3 is 5.97 Å². The summed E-state index contributed by atoms with van der Waals surface area (Å²) in [5.41, 5.74) is 21.1. The Kier molecular flexibility index (Phi) is 22.7. The Morgan fingerprint density at radius 3 is 1.47 bits per heavy atom. The molecule has 0 aliphatic rings. The van der Waals surface area contributed by atoms with Crippen molar-refractivity contribution in [1.82, 2.24) is 31.9 Å². The lowest BCUT2D eigenvalue weighted by Gasteiger charge is -2.29. The Hall–Kier alpha value is -5.17. The molecule has 0 aromatic heterocycles. The largest absolute Gasteiger partial charge is 0.480 e. The van der Waals surface area contributed by atoms with E-state index >= 15 is 0 Å². The predicted octanol–water partition coefficient (Wildman–Crippen LogP) is -7.58. The molecule has 0 bridgehead atoms. The highest BCUT2D eigenvalue weighted by molar-refractivity contribution is 5.97. The molecule has 0 rings (SSSR count). The van der Waals surface area contributed by atoms with Gasteiger partial charge in [0, 0.05) is 13.0 Å². The number of aliphatic hydroxyl groups is 4. The van der Waals surface area contributed by atoms with Crippen molar-refractivity contribution in [2.24, 2.45) is 33.8 Å². The van der Waals surface area contributed by atoms with Gasteiger partial charge in [0.25, 0.3) is 0 Å². The lowest BCUT2D eigenvalue weighted by atomic mass is 10.0. The van der Waals surface area contributed by atoms with Crippen LogP contribution in [0.25, 0.3) is 0 Å². The number of carboxylic acids is 1. The van der Waals surface area contributed by atoms with Gasteiger partial charge in [-0.05, 0) is 45.4 Å². The molecule has 55 heavy (non-hydrogen) atoms. The minimum atomic E-state index is -1.80. The number of aliphatic imine (C=N–C) groups is 1. The summed E-state index contributed by atoms with van der Waals surface area (Å²) in [7, 11) is 0. The van der Waals surface area contributed by atoms with Crippen LogP contribution in [0.1, 0.15) is 59.8 Å². The van der Waals surface area contributed by atoms with Crippen molar-refractivity contribution < 1.29 is 63.9 Å². The average Bonchev–Trinajstić information content (AvgIpc) is 3.09. The monoisotopic (exact) mass is 791 g/mol. The number of guanidine groups is 1. The summed E-state index contributed by atoms with van der Waals surface area (Å²) in [6, 6.07) is -11.1. The number of carbonyl (C=O) groups excluding carboxylic acids is 7. The standard InChI is InChI=1S/C31H57N11O13/c1-13(2)10-19(26(50)42-22(14(3)45)28(52)38-18(30(54)55)6-5-9-36-31(34)35)39-29(53)23(15(4)46)41-25(49)17(7-8-21(33)47)37-27(51)20(12-44)40-24(48)16(32)11-43/h13-20,22-23,43-46H,5-12,32H2,1-4H3,(H2,33,47)(H,37,51)(H,38,52)(H,39,53)(H,40,48)(H,41,49)(H,42,50)(H,54,55)(H4,34,35,36)/t14-,15-,16+,17+,18+,19+,20+,22+,23+/m1/s1. The van der Waals surface area contributed by atoms with E-state index in [2.05, 4.69) is 36.9 Å². The maximum absolute atomic E-state index is 13.5. The van der Waals surface area contributed by atoms with Crippen LogP contribution < -0.4 is 54.8 Å². The van der Waals surface area contributed by atoms with Crippen LogP contribution in [0, 0.1) is 5.92 Å². The number of carbonyl (C=O) groups is 8. The van der Waals surface area contributed by atoms with Gasteiger partial charge in [-0.15, -0.1) is 0 Å². The zero-order valence-electron chi connectivity index (χ0n) is 31.2. The first kappa shape index (κ1) is 49.8. The Morgan fingerprint density at radius 2 is 1.05 bits per heavy atom. The average molecular weight is 792 g/mol. The maximum Gasteiger partial charge on any atom is 0.326 e. The summed E-state index contributed by atoms with van der Waals surface area (Å²) in [6.45, 7) is 3.95. The molecule has 9 atom stereocenters. The minimum Gasteiger partial charge on any atom is -0.480 e. The molecule has 0 aliphatic carbocycles. The van der Waals surface area contributed by atoms with Crippen LogP contribution in [0.5, 0.6) is 0 Å². The maximum atomic E-state index is 13.5. The van der Waals surface area contributed by atoms with Gasteiger partial charge in [-0.3, -0.25) is 38.6 Å². The fourth-order valence-corrected chi connectivity index (χ4v) is 4.69. The van der Waals surface area contributed by atoms with Crippen LogP contribution in [0.3, 0.4) is 0 Å². The molecule has 0 aliphatic heterocycles. The molecule has 19 N–H and O–H groups in total. The molecule has 0 spiro atoms. The van der Waals surface area contributed by atoms with Crippen molar-refractivity contribution in [1.29, 1.82) is 0 Å². The zero-order valence-corrected chi connectivity index (χ0v) is 31.2. The van der Waals surface area contributed by atoms with Crippen molar-refractivity contribution >= 4 is 53.3 Å². The Balaban J connectivity index is 6.11. The highest BCUT2D eigenvalue weighted by atomic mass is 16.4. The number of carboxylic acid groups (broad SMARTS) is 1. The van der Waals surface area contributed by atoms with E-state index in [1.807, 2.05) is 0 Å². The molecule has 24 heteroatoms. The minimum absolute atomic E-state index is 0.0667. The summed E-state index contributed by atoms with van der Waals surface area (Å²) in [6.07, 6.45) is -4.12. The van der Waals surface area contributed by atoms with Gasteiger partial charge in [0.15, 0.2) is 5.96 Å². The number of nitrogens with one attached hydrogen (secondary N) is 6. The van der Waals surface area contributed by atoms with Crippen LogP contribution in [0.15, 0.2) is 4.99 Å². The topological polar surface area (TPSA) is 426 Å². The highest BCUT2D eigenvalue weighted by Crippen LogP contribution is 2.09. The molecule has 0 saturated heterocycles. The summed E-state index contributed by atoms with van der Waals surface area (Å²) in [5.74, 6) is -9.25. The molecule has 0 radical (unpaired) electrons. The van der Waals surface area contributed by atoms with Gasteiger partial charge in [-0.2, -0.15) is 0 Å². The van der Waals surface area contributed by atoms with E-state index in [4.69, 9.17) is 28.0 Å². The third-order valence-electron chi connectivity index (χ3n) is 7.69. The van der Waals surface area contributed by atoms with Gasteiger partial charge in [0.1, 0.15) is 42.3 Å². The molecule has 7 amide bonds. The van der Waals surface area contributed by atoms with Crippen molar-refractivity contribution in [3.8, 4) is 0 Å². The van der Waals surface area contributed by atoms with Crippen molar-refractivity contribution in [2.45, 2.75) is 114 Å². The SMILES string of the molecule is CC(C)C[C@H](NC(=O)[C@@H](NC(=O)[C@H](CCC(N)=O)NC(=O)[C@H](CO)NC(=O)[C@@H](N)CO)[C@@H](C)O)C(=O)N[C@H](C(=O)N[C@@H](CCCN=C(N)N)C(=O)O)[C@@H](C)O. The van der Waals surface area contributed by atoms with Crippen molar-refractivity contribution in [2.75, 3.05) is 19.8 Å². The van der Waals surface area contributed by atoms with Gasteiger partial charge in [-0.1, -0.05) is 13.8 Å². The summed E-state index contributed by atoms with van der Waals surface area (Å²) >= 11 is 0.